The monoisotopic (exact) mass is 487 g/mol. The summed E-state index contributed by atoms with van der Waals surface area (Å²) >= 11 is 0. The maximum atomic E-state index is 13.7. The van der Waals surface area contributed by atoms with Crippen molar-refractivity contribution in [3.8, 4) is 11.5 Å². The van der Waals surface area contributed by atoms with Gasteiger partial charge in [-0.15, -0.1) is 24.0 Å². The van der Waals surface area contributed by atoms with Crippen molar-refractivity contribution < 1.29 is 13.9 Å². The lowest BCUT2D eigenvalue weighted by Crippen LogP contribution is -2.39. The second-order valence-corrected chi connectivity index (χ2v) is 5.85. The van der Waals surface area contributed by atoms with Crippen LogP contribution in [0.5, 0.6) is 11.5 Å². The molecular weight excluding hydrogens is 460 g/mol. The van der Waals surface area contributed by atoms with Crippen LogP contribution in [0.3, 0.4) is 0 Å². The van der Waals surface area contributed by atoms with E-state index in [-0.39, 0.29) is 29.8 Å². The molecule has 0 atom stereocenters. The van der Waals surface area contributed by atoms with E-state index in [1.54, 1.807) is 33.4 Å². The molecule has 0 aliphatic rings. The van der Waals surface area contributed by atoms with Gasteiger partial charge in [0.1, 0.15) is 5.82 Å². The molecule has 0 aromatic heterocycles. The van der Waals surface area contributed by atoms with Crippen molar-refractivity contribution in [3.63, 3.8) is 0 Å². The highest BCUT2D eigenvalue weighted by atomic mass is 127. The van der Waals surface area contributed by atoms with E-state index in [9.17, 15) is 4.39 Å². The van der Waals surface area contributed by atoms with Crippen LogP contribution >= 0.6 is 24.0 Å². The van der Waals surface area contributed by atoms with Crippen molar-refractivity contribution in [2.75, 3.05) is 34.9 Å². The van der Waals surface area contributed by atoms with E-state index in [1.165, 1.54) is 6.07 Å². The zero-order valence-electron chi connectivity index (χ0n) is 16.2. The summed E-state index contributed by atoms with van der Waals surface area (Å²) in [6, 6.07) is 12.6. The van der Waals surface area contributed by atoms with Crippen molar-refractivity contribution in [1.82, 2.24) is 10.2 Å². The minimum Gasteiger partial charge on any atom is -0.493 e. The molecule has 0 fully saturated rings. The van der Waals surface area contributed by atoms with Crippen LogP contribution < -0.4 is 14.8 Å². The van der Waals surface area contributed by atoms with E-state index in [1.807, 2.05) is 36.2 Å². The number of likely N-dealkylation sites (N-methyl/N-ethyl adjacent to an activating group) is 1. The minimum absolute atomic E-state index is 0. The second-order valence-electron chi connectivity index (χ2n) is 5.85. The molecule has 0 spiro atoms. The number of ether oxygens (including phenoxy) is 2. The molecule has 0 bridgehead atoms. The van der Waals surface area contributed by atoms with Crippen LogP contribution in [0.2, 0.25) is 0 Å². The Morgan fingerprint density at radius 1 is 1.11 bits per heavy atom. The molecule has 27 heavy (non-hydrogen) atoms. The highest BCUT2D eigenvalue weighted by molar-refractivity contribution is 14.0. The minimum atomic E-state index is -0.219. The van der Waals surface area contributed by atoms with Crippen molar-refractivity contribution in [1.29, 1.82) is 0 Å². The van der Waals surface area contributed by atoms with E-state index in [4.69, 9.17) is 9.47 Å². The Labute approximate surface area is 177 Å². The largest absolute Gasteiger partial charge is 0.493 e. The number of benzene rings is 2. The van der Waals surface area contributed by atoms with Crippen LogP contribution in [0, 0.1) is 5.82 Å². The first-order valence-electron chi connectivity index (χ1n) is 8.45. The van der Waals surface area contributed by atoms with Gasteiger partial charge in [-0.2, -0.15) is 0 Å². The highest BCUT2D eigenvalue weighted by Crippen LogP contribution is 2.27. The molecule has 2 aromatic rings. The summed E-state index contributed by atoms with van der Waals surface area (Å²) < 4.78 is 24.3. The zero-order valence-corrected chi connectivity index (χ0v) is 18.5. The van der Waals surface area contributed by atoms with Gasteiger partial charge in [-0.3, -0.25) is 4.99 Å². The zero-order chi connectivity index (χ0) is 18.9. The number of halogens is 2. The summed E-state index contributed by atoms with van der Waals surface area (Å²) in [7, 11) is 6.92. The molecule has 0 radical (unpaired) electrons. The van der Waals surface area contributed by atoms with Gasteiger partial charge in [0, 0.05) is 32.7 Å². The molecule has 148 valence electrons. The van der Waals surface area contributed by atoms with Crippen LogP contribution in [0.25, 0.3) is 0 Å². The average Bonchev–Trinajstić information content (AvgIpc) is 2.67. The Balaban J connectivity index is 0.00000364. The smallest absolute Gasteiger partial charge is 0.193 e. The number of nitrogens with one attached hydrogen (secondary N) is 1. The van der Waals surface area contributed by atoms with E-state index in [0.29, 0.717) is 23.8 Å². The van der Waals surface area contributed by atoms with Crippen molar-refractivity contribution >= 4 is 29.9 Å². The summed E-state index contributed by atoms with van der Waals surface area (Å²) in [5.41, 5.74) is 1.75. The normalized spacial score (nSPS) is 10.8. The number of rotatable bonds is 7. The number of hydrogen-bond acceptors (Lipinski definition) is 3. The fourth-order valence-corrected chi connectivity index (χ4v) is 2.64. The maximum absolute atomic E-state index is 13.7. The number of aliphatic imine (C=N–C) groups is 1. The predicted molar refractivity (Wildman–Crippen MR) is 118 cm³/mol. The van der Waals surface area contributed by atoms with Crippen LogP contribution in [-0.2, 0) is 13.0 Å². The van der Waals surface area contributed by atoms with Crippen LogP contribution in [0.15, 0.2) is 47.5 Å². The highest BCUT2D eigenvalue weighted by Gasteiger charge is 2.09. The standard InChI is InChI=1S/C20H26FN3O2.HI/c1-22-20(23-14-16-7-5-6-8-17(16)21)24(2)12-11-15-9-10-18(25-3)19(13-15)26-4;/h5-10,13H,11-12,14H2,1-4H3,(H,22,23);1H. The first-order chi connectivity index (χ1) is 12.6. The molecule has 0 saturated carbocycles. The first kappa shape index (κ1) is 23.0. The lowest BCUT2D eigenvalue weighted by molar-refractivity contribution is 0.354. The molecule has 0 unspecified atom stereocenters. The third-order valence-corrected chi connectivity index (χ3v) is 4.15. The lowest BCUT2D eigenvalue weighted by atomic mass is 10.1. The fraction of sp³-hybridized carbons (Fsp3) is 0.350. The molecule has 0 saturated heterocycles. The van der Waals surface area contributed by atoms with Gasteiger partial charge in [0.05, 0.1) is 14.2 Å². The molecule has 0 aliphatic heterocycles. The number of nitrogens with zero attached hydrogens (tertiary/aromatic N) is 2. The maximum Gasteiger partial charge on any atom is 0.193 e. The third-order valence-electron chi connectivity index (χ3n) is 4.15. The number of hydrogen-bond donors (Lipinski definition) is 1. The Hall–Kier alpha value is -2.03. The summed E-state index contributed by atoms with van der Waals surface area (Å²) in [5, 5.41) is 3.19. The summed E-state index contributed by atoms with van der Waals surface area (Å²) in [6.07, 6.45) is 0.817. The average molecular weight is 487 g/mol. The SMILES string of the molecule is CN=C(NCc1ccccc1F)N(C)CCc1ccc(OC)c(OC)c1.I. The van der Waals surface area contributed by atoms with Crippen LogP contribution in [0.4, 0.5) is 4.39 Å². The Morgan fingerprint density at radius 3 is 2.44 bits per heavy atom. The van der Waals surface area contributed by atoms with Gasteiger partial charge in [-0.25, -0.2) is 4.39 Å². The first-order valence-corrected chi connectivity index (χ1v) is 8.45. The molecule has 2 rings (SSSR count). The number of guanidine groups is 1. The molecule has 7 heteroatoms. The molecule has 2 aromatic carbocycles. The van der Waals surface area contributed by atoms with Crippen molar-refractivity contribution in [2.45, 2.75) is 13.0 Å². The molecule has 0 aliphatic carbocycles. The fourth-order valence-electron chi connectivity index (χ4n) is 2.64. The summed E-state index contributed by atoms with van der Waals surface area (Å²) in [5.74, 6) is 1.93. The number of methoxy groups -OCH3 is 2. The van der Waals surface area contributed by atoms with E-state index in [0.717, 1.165) is 24.3 Å². The van der Waals surface area contributed by atoms with Crippen LogP contribution in [0.1, 0.15) is 11.1 Å². The van der Waals surface area contributed by atoms with Gasteiger partial charge in [0.15, 0.2) is 17.5 Å². The van der Waals surface area contributed by atoms with Gasteiger partial charge in [0.25, 0.3) is 0 Å². The Morgan fingerprint density at radius 2 is 1.81 bits per heavy atom. The van der Waals surface area contributed by atoms with Crippen LogP contribution in [-0.4, -0.2) is 45.7 Å². The topological polar surface area (TPSA) is 46.1 Å². The lowest BCUT2D eigenvalue weighted by Gasteiger charge is -2.22. The van der Waals surface area contributed by atoms with Gasteiger partial charge in [0.2, 0.25) is 0 Å². The third kappa shape index (κ3) is 6.57. The predicted octanol–water partition coefficient (Wildman–Crippen LogP) is 3.71. The summed E-state index contributed by atoms with van der Waals surface area (Å²) in [4.78, 5) is 6.28. The van der Waals surface area contributed by atoms with Crippen molar-refractivity contribution in [2.24, 2.45) is 4.99 Å². The van der Waals surface area contributed by atoms with Crippen molar-refractivity contribution in [3.05, 3.63) is 59.4 Å². The Kier molecular flexibility index (Phi) is 9.92. The molecule has 0 amide bonds. The van der Waals surface area contributed by atoms with Gasteiger partial charge >= 0.3 is 0 Å². The molecule has 0 heterocycles. The van der Waals surface area contributed by atoms with E-state index in [2.05, 4.69) is 10.3 Å². The summed E-state index contributed by atoms with van der Waals surface area (Å²) in [6.45, 7) is 1.15. The van der Waals surface area contributed by atoms with Gasteiger partial charge in [-0.05, 0) is 30.2 Å². The van der Waals surface area contributed by atoms with Gasteiger partial charge in [-0.1, -0.05) is 24.3 Å². The van der Waals surface area contributed by atoms with E-state index < -0.39 is 0 Å². The molecule has 5 nitrogen and oxygen atoms in total. The molecule has 1 N–H and O–H groups in total. The van der Waals surface area contributed by atoms with E-state index >= 15 is 0 Å². The Bertz CT molecular complexity index is 756. The molecular formula is C20H27FIN3O2. The van der Waals surface area contributed by atoms with Gasteiger partial charge < -0.3 is 19.7 Å². The second kappa shape index (κ2) is 11.6. The quantitative estimate of drug-likeness (QED) is 0.368.